The van der Waals surface area contributed by atoms with Gasteiger partial charge in [-0.15, -0.1) is 11.8 Å². The molecule has 0 spiro atoms. The second kappa shape index (κ2) is 9.77. The average Bonchev–Trinajstić information content (AvgIpc) is 2.67. The number of benzene rings is 1. The van der Waals surface area contributed by atoms with Crippen LogP contribution in [0.5, 0.6) is 0 Å². The van der Waals surface area contributed by atoms with E-state index in [0.29, 0.717) is 11.5 Å². The minimum atomic E-state index is 0.628. The third-order valence-corrected chi connectivity index (χ3v) is 5.07. The molecular formula is C20H27N7S. The summed E-state index contributed by atoms with van der Waals surface area (Å²) >= 11 is 1.69. The first-order chi connectivity index (χ1) is 13.5. The molecule has 0 radical (unpaired) electrons. The van der Waals surface area contributed by atoms with Crippen molar-refractivity contribution in [1.82, 2.24) is 29.7 Å². The van der Waals surface area contributed by atoms with E-state index < -0.39 is 0 Å². The number of hydrogen-bond acceptors (Lipinski definition) is 8. The highest BCUT2D eigenvalue weighted by molar-refractivity contribution is 7.99. The molecule has 8 heteroatoms. The molecule has 0 saturated heterocycles. The third kappa shape index (κ3) is 5.37. The smallest absolute Gasteiger partial charge is 0.183 e. The summed E-state index contributed by atoms with van der Waals surface area (Å²) in [6, 6.07) is 8.14. The molecule has 0 unspecified atom stereocenters. The maximum absolute atomic E-state index is 4.85. The standard InChI is InChI=1S/C20H27N7S/c1-26(2)12-11-21-16-8-6-5-7-15(16)18-24-19-17(22-9-10-23-19)20(25-18)28-14-13-27(3)4/h5-10,21H,11-14H2,1-4H3. The second-order valence-electron chi connectivity index (χ2n) is 7.01. The Morgan fingerprint density at radius 3 is 2.46 bits per heavy atom. The molecule has 0 fully saturated rings. The van der Waals surface area contributed by atoms with E-state index in [1.54, 1.807) is 24.2 Å². The third-order valence-electron chi connectivity index (χ3n) is 4.12. The number of thioether (sulfide) groups is 1. The molecular weight excluding hydrogens is 370 g/mol. The maximum Gasteiger partial charge on any atom is 0.183 e. The summed E-state index contributed by atoms with van der Waals surface area (Å²) in [6.45, 7) is 2.76. The lowest BCUT2D eigenvalue weighted by Gasteiger charge is -2.15. The van der Waals surface area contributed by atoms with Gasteiger partial charge in [0.2, 0.25) is 0 Å². The Bertz CT molecular complexity index is 914. The van der Waals surface area contributed by atoms with Gasteiger partial charge in [-0.2, -0.15) is 0 Å². The Morgan fingerprint density at radius 1 is 0.929 bits per heavy atom. The van der Waals surface area contributed by atoms with Crippen molar-refractivity contribution < 1.29 is 0 Å². The Balaban J connectivity index is 1.95. The summed E-state index contributed by atoms with van der Waals surface area (Å²) in [5.41, 5.74) is 3.39. The topological polar surface area (TPSA) is 70.1 Å². The number of para-hydroxylation sites is 1. The van der Waals surface area contributed by atoms with E-state index in [2.05, 4.69) is 59.3 Å². The maximum atomic E-state index is 4.85. The number of fused-ring (bicyclic) bond motifs is 1. The van der Waals surface area contributed by atoms with E-state index in [1.165, 1.54) is 0 Å². The van der Waals surface area contributed by atoms with Crippen LogP contribution < -0.4 is 5.32 Å². The monoisotopic (exact) mass is 397 g/mol. The number of rotatable bonds is 9. The average molecular weight is 398 g/mol. The van der Waals surface area contributed by atoms with Crippen LogP contribution in [-0.2, 0) is 0 Å². The predicted octanol–water partition coefficient (Wildman–Crippen LogP) is 2.71. The van der Waals surface area contributed by atoms with Crippen LogP contribution in [0.2, 0.25) is 0 Å². The molecule has 0 aliphatic carbocycles. The van der Waals surface area contributed by atoms with Crippen LogP contribution in [0.3, 0.4) is 0 Å². The van der Waals surface area contributed by atoms with Gasteiger partial charge in [0.1, 0.15) is 10.5 Å². The van der Waals surface area contributed by atoms with Gasteiger partial charge in [-0.05, 0) is 40.3 Å². The van der Waals surface area contributed by atoms with E-state index in [0.717, 1.165) is 47.2 Å². The first kappa shape index (κ1) is 20.4. The lowest BCUT2D eigenvalue weighted by molar-refractivity contribution is 0.425. The van der Waals surface area contributed by atoms with Crippen molar-refractivity contribution in [1.29, 1.82) is 0 Å². The van der Waals surface area contributed by atoms with Crippen LogP contribution in [0.1, 0.15) is 0 Å². The molecule has 0 amide bonds. The largest absolute Gasteiger partial charge is 0.383 e. The van der Waals surface area contributed by atoms with Crippen molar-refractivity contribution in [2.24, 2.45) is 0 Å². The zero-order valence-electron chi connectivity index (χ0n) is 16.9. The fourth-order valence-corrected chi connectivity index (χ4v) is 3.71. The summed E-state index contributed by atoms with van der Waals surface area (Å²) in [7, 11) is 8.27. The van der Waals surface area contributed by atoms with Crippen molar-refractivity contribution in [3.8, 4) is 11.4 Å². The summed E-state index contributed by atoms with van der Waals surface area (Å²) < 4.78 is 0. The van der Waals surface area contributed by atoms with Gasteiger partial charge in [0.25, 0.3) is 0 Å². The molecule has 2 heterocycles. The zero-order chi connectivity index (χ0) is 19.9. The highest BCUT2D eigenvalue weighted by Gasteiger charge is 2.14. The number of nitrogens with zero attached hydrogens (tertiary/aromatic N) is 6. The molecule has 3 rings (SSSR count). The molecule has 2 aromatic heterocycles. The molecule has 0 saturated carbocycles. The second-order valence-corrected chi connectivity index (χ2v) is 8.09. The van der Waals surface area contributed by atoms with Gasteiger partial charge < -0.3 is 15.1 Å². The molecule has 1 aromatic carbocycles. The number of hydrogen-bond donors (Lipinski definition) is 1. The number of anilines is 1. The minimum absolute atomic E-state index is 0.628. The first-order valence-corrected chi connectivity index (χ1v) is 10.3. The summed E-state index contributed by atoms with van der Waals surface area (Å²) in [5.74, 6) is 1.60. The summed E-state index contributed by atoms with van der Waals surface area (Å²) in [4.78, 5) is 22.7. The Kier molecular flexibility index (Phi) is 7.13. The normalized spacial score (nSPS) is 11.5. The van der Waals surface area contributed by atoms with Crippen LogP contribution in [0, 0.1) is 0 Å². The molecule has 1 N–H and O–H groups in total. The van der Waals surface area contributed by atoms with Crippen LogP contribution in [0.25, 0.3) is 22.6 Å². The predicted molar refractivity (Wildman–Crippen MR) is 117 cm³/mol. The quantitative estimate of drug-likeness (QED) is 0.437. The fraction of sp³-hybridized carbons (Fsp3) is 0.400. The molecule has 0 atom stereocenters. The van der Waals surface area contributed by atoms with Crippen molar-refractivity contribution in [2.45, 2.75) is 5.03 Å². The first-order valence-electron chi connectivity index (χ1n) is 9.29. The van der Waals surface area contributed by atoms with Crippen molar-refractivity contribution in [2.75, 3.05) is 58.9 Å². The molecule has 7 nitrogen and oxygen atoms in total. The van der Waals surface area contributed by atoms with E-state index in [1.807, 2.05) is 18.2 Å². The van der Waals surface area contributed by atoms with Gasteiger partial charge in [-0.1, -0.05) is 12.1 Å². The van der Waals surface area contributed by atoms with Gasteiger partial charge in [0, 0.05) is 49.0 Å². The fourth-order valence-electron chi connectivity index (χ4n) is 2.63. The number of aromatic nitrogens is 4. The van der Waals surface area contributed by atoms with E-state index in [9.17, 15) is 0 Å². The SMILES string of the molecule is CN(C)CCNc1ccccc1-c1nc(SCCN(C)C)c2nccnc2n1. The summed E-state index contributed by atoms with van der Waals surface area (Å²) in [6.07, 6.45) is 3.37. The van der Waals surface area contributed by atoms with Crippen molar-refractivity contribution in [3.05, 3.63) is 36.7 Å². The number of nitrogens with one attached hydrogen (secondary N) is 1. The van der Waals surface area contributed by atoms with E-state index in [4.69, 9.17) is 9.97 Å². The highest BCUT2D eigenvalue weighted by atomic mass is 32.2. The zero-order valence-corrected chi connectivity index (χ0v) is 17.7. The van der Waals surface area contributed by atoms with Gasteiger partial charge >= 0.3 is 0 Å². The van der Waals surface area contributed by atoms with E-state index >= 15 is 0 Å². The van der Waals surface area contributed by atoms with Crippen molar-refractivity contribution >= 4 is 28.6 Å². The van der Waals surface area contributed by atoms with Crippen LogP contribution in [0.15, 0.2) is 41.7 Å². The van der Waals surface area contributed by atoms with Gasteiger partial charge in [-0.25, -0.2) is 19.9 Å². The van der Waals surface area contributed by atoms with Gasteiger partial charge in [0.05, 0.1) is 0 Å². The Hall–Kier alpha value is -2.29. The molecule has 0 aliphatic rings. The molecule has 28 heavy (non-hydrogen) atoms. The molecule has 0 bridgehead atoms. The lowest BCUT2D eigenvalue weighted by atomic mass is 10.1. The molecule has 3 aromatic rings. The van der Waals surface area contributed by atoms with Crippen LogP contribution in [0.4, 0.5) is 5.69 Å². The van der Waals surface area contributed by atoms with Crippen LogP contribution >= 0.6 is 11.8 Å². The minimum Gasteiger partial charge on any atom is -0.383 e. The van der Waals surface area contributed by atoms with Crippen molar-refractivity contribution in [3.63, 3.8) is 0 Å². The van der Waals surface area contributed by atoms with E-state index in [-0.39, 0.29) is 0 Å². The Labute approximate surface area is 170 Å². The number of likely N-dealkylation sites (N-methyl/N-ethyl adjacent to an activating group) is 1. The summed E-state index contributed by atoms with van der Waals surface area (Å²) in [5, 5.41) is 4.37. The van der Waals surface area contributed by atoms with Gasteiger partial charge in [0.15, 0.2) is 11.5 Å². The Morgan fingerprint density at radius 2 is 1.68 bits per heavy atom. The molecule has 0 aliphatic heterocycles. The highest BCUT2D eigenvalue weighted by Crippen LogP contribution is 2.29. The van der Waals surface area contributed by atoms with Crippen LogP contribution in [-0.4, -0.2) is 83.3 Å². The lowest BCUT2D eigenvalue weighted by Crippen LogP contribution is -2.21. The van der Waals surface area contributed by atoms with Gasteiger partial charge in [-0.3, -0.25) is 0 Å². The molecule has 148 valence electrons.